The molecule has 0 radical (unpaired) electrons. The quantitative estimate of drug-likeness (QED) is 0.753. The Bertz CT molecular complexity index is 603. The summed E-state index contributed by atoms with van der Waals surface area (Å²) >= 11 is 0. The van der Waals surface area contributed by atoms with Crippen molar-refractivity contribution < 1.29 is 19.1 Å². The molecule has 0 atom stereocenters. The first kappa shape index (κ1) is 12.7. The van der Waals surface area contributed by atoms with Gasteiger partial charge in [0.1, 0.15) is 12.2 Å². The molecule has 0 aliphatic carbocycles. The highest BCUT2D eigenvalue weighted by atomic mass is 16.4. The molecule has 2 N–H and O–H groups in total. The summed E-state index contributed by atoms with van der Waals surface area (Å²) < 4.78 is 6.10. The second-order valence-corrected chi connectivity index (χ2v) is 3.75. The van der Waals surface area contributed by atoms with Crippen molar-refractivity contribution >= 4 is 11.9 Å². The van der Waals surface area contributed by atoms with Crippen molar-refractivity contribution in [3.63, 3.8) is 0 Å². The van der Waals surface area contributed by atoms with Crippen LogP contribution in [-0.2, 0) is 17.9 Å². The summed E-state index contributed by atoms with van der Waals surface area (Å²) in [7, 11) is 0. The molecule has 2 rings (SSSR count). The van der Waals surface area contributed by atoms with Gasteiger partial charge >= 0.3 is 5.97 Å². The first-order valence-electron chi connectivity index (χ1n) is 5.35. The van der Waals surface area contributed by atoms with Gasteiger partial charge in [0.25, 0.3) is 5.91 Å². The standard InChI is InChI=1S/C10H11N5O4/c1-6-9(19-5-12-6)10(18)11-2-7-3-15(14-13-7)4-8(16)17/h3,5H,2,4H2,1H3,(H,11,18)(H,16,17). The number of carboxylic acids is 1. The highest BCUT2D eigenvalue weighted by Gasteiger charge is 2.14. The number of rotatable bonds is 5. The maximum atomic E-state index is 11.7. The molecule has 0 unspecified atom stereocenters. The molecule has 0 spiro atoms. The number of aromatic nitrogens is 4. The Morgan fingerprint density at radius 2 is 2.32 bits per heavy atom. The third-order valence-corrected chi connectivity index (χ3v) is 2.27. The number of carbonyl (C=O) groups excluding carboxylic acids is 1. The molecular weight excluding hydrogens is 254 g/mol. The molecule has 2 aromatic heterocycles. The van der Waals surface area contributed by atoms with Gasteiger partial charge in [-0.2, -0.15) is 0 Å². The van der Waals surface area contributed by atoms with Gasteiger partial charge in [0.15, 0.2) is 6.39 Å². The Morgan fingerprint density at radius 1 is 1.53 bits per heavy atom. The third kappa shape index (κ3) is 3.15. The van der Waals surface area contributed by atoms with Crippen LogP contribution in [0.5, 0.6) is 0 Å². The largest absolute Gasteiger partial charge is 0.480 e. The lowest BCUT2D eigenvalue weighted by atomic mass is 10.3. The van der Waals surface area contributed by atoms with Crippen molar-refractivity contribution in [2.45, 2.75) is 20.0 Å². The van der Waals surface area contributed by atoms with Crippen LogP contribution >= 0.6 is 0 Å². The molecule has 1 amide bonds. The number of oxazole rings is 1. The van der Waals surface area contributed by atoms with Crippen molar-refractivity contribution in [2.75, 3.05) is 0 Å². The molecule has 9 heteroatoms. The maximum Gasteiger partial charge on any atom is 0.325 e. The van der Waals surface area contributed by atoms with Crippen LogP contribution in [0.3, 0.4) is 0 Å². The second kappa shape index (κ2) is 5.29. The zero-order chi connectivity index (χ0) is 13.8. The van der Waals surface area contributed by atoms with Crippen LogP contribution in [-0.4, -0.2) is 37.0 Å². The molecule has 0 saturated heterocycles. The fourth-order valence-corrected chi connectivity index (χ4v) is 1.41. The molecule has 0 fully saturated rings. The van der Waals surface area contributed by atoms with E-state index >= 15 is 0 Å². The highest BCUT2D eigenvalue weighted by molar-refractivity contribution is 5.92. The van der Waals surface area contributed by atoms with E-state index in [-0.39, 0.29) is 18.8 Å². The van der Waals surface area contributed by atoms with Gasteiger partial charge in [-0.3, -0.25) is 9.59 Å². The smallest absolute Gasteiger partial charge is 0.325 e. The molecule has 19 heavy (non-hydrogen) atoms. The summed E-state index contributed by atoms with van der Waals surface area (Å²) in [6, 6.07) is 0. The van der Waals surface area contributed by atoms with E-state index in [1.165, 1.54) is 17.3 Å². The number of nitrogens with zero attached hydrogens (tertiary/aromatic N) is 4. The van der Waals surface area contributed by atoms with E-state index in [0.29, 0.717) is 11.4 Å². The Morgan fingerprint density at radius 3 is 2.95 bits per heavy atom. The first-order valence-corrected chi connectivity index (χ1v) is 5.35. The number of aryl methyl sites for hydroxylation is 1. The molecular formula is C10H11N5O4. The number of amides is 1. The summed E-state index contributed by atoms with van der Waals surface area (Å²) in [6.07, 6.45) is 2.63. The van der Waals surface area contributed by atoms with Crippen LogP contribution in [0.2, 0.25) is 0 Å². The van der Waals surface area contributed by atoms with E-state index in [1.54, 1.807) is 6.92 Å². The Balaban J connectivity index is 1.92. The molecule has 0 aliphatic rings. The molecule has 0 saturated carbocycles. The SMILES string of the molecule is Cc1ncoc1C(=O)NCc1cn(CC(=O)O)nn1. The van der Waals surface area contributed by atoms with Crippen LogP contribution in [0.15, 0.2) is 17.0 Å². The van der Waals surface area contributed by atoms with Crippen molar-refractivity contribution in [3.8, 4) is 0 Å². The normalized spacial score (nSPS) is 10.4. The minimum atomic E-state index is -1.02. The Kier molecular flexibility index (Phi) is 3.55. The van der Waals surface area contributed by atoms with E-state index < -0.39 is 11.9 Å². The van der Waals surface area contributed by atoms with Gasteiger partial charge in [-0.1, -0.05) is 5.21 Å². The van der Waals surface area contributed by atoms with E-state index in [1.807, 2.05) is 0 Å². The van der Waals surface area contributed by atoms with Crippen LogP contribution in [0.4, 0.5) is 0 Å². The molecule has 100 valence electrons. The van der Waals surface area contributed by atoms with Crippen LogP contribution < -0.4 is 5.32 Å². The second-order valence-electron chi connectivity index (χ2n) is 3.75. The molecule has 9 nitrogen and oxygen atoms in total. The lowest BCUT2D eigenvalue weighted by Crippen LogP contribution is -2.23. The summed E-state index contributed by atoms with van der Waals surface area (Å²) in [6.45, 7) is 1.50. The van der Waals surface area contributed by atoms with Crippen molar-refractivity contribution in [1.82, 2.24) is 25.3 Å². The summed E-state index contributed by atoms with van der Waals surface area (Å²) in [4.78, 5) is 26.0. The topological polar surface area (TPSA) is 123 Å². The van der Waals surface area contributed by atoms with E-state index in [4.69, 9.17) is 9.52 Å². The molecule has 2 heterocycles. The lowest BCUT2D eigenvalue weighted by molar-refractivity contribution is -0.137. The first-order chi connectivity index (χ1) is 9.06. The summed E-state index contributed by atoms with van der Waals surface area (Å²) in [5, 5.41) is 18.5. The summed E-state index contributed by atoms with van der Waals surface area (Å²) in [5.74, 6) is -1.29. The minimum absolute atomic E-state index is 0.124. The molecule has 0 aliphatic heterocycles. The fourth-order valence-electron chi connectivity index (χ4n) is 1.41. The lowest BCUT2D eigenvalue weighted by Gasteiger charge is -1.99. The Hall–Kier alpha value is -2.71. The predicted octanol–water partition coefficient (Wildman–Crippen LogP) is -0.411. The molecule has 0 bridgehead atoms. The van der Waals surface area contributed by atoms with E-state index in [9.17, 15) is 9.59 Å². The number of hydrogen-bond acceptors (Lipinski definition) is 6. The molecule has 2 aromatic rings. The Labute approximate surface area is 107 Å². The van der Waals surface area contributed by atoms with Gasteiger partial charge in [-0.15, -0.1) is 5.10 Å². The number of hydrogen-bond donors (Lipinski definition) is 2. The average molecular weight is 265 g/mol. The van der Waals surface area contributed by atoms with Crippen LogP contribution in [0.25, 0.3) is 0 Å². The number of nitrogens with one attached hydrogen (secondary N) is 1. The zero-order valence-corrected chi connectivity index (χ0v) is 10.0. The minimum Gasteiger partial charge on any atom is -0.480 e. The third-order valence-electron chi connectivity index (χ3n) is 2.27. The monoisotopic (exact) mass is 265 g/mol. The van der Waals surface area contributed by atoms with E-state index in [0.717, 1.165) is 0 Å². The molecule has 0 aromatic carbocycles. The average Bonchev–Trinajstić information content (AvgIpc) is 2.94. The zero-order valence-electron chi connectivity index (χ0n) is 10.0. The van der Waals surface area contributed by atoms with Gasteiger partial charge in [-0.25, -0.2) is 9.67 Å². The van der Waals surface area contributed by atoms with Crippen molar-refractivity contribution in [2.24, 2.45) is 0 Å². The number of carboxylic acid groups (broad SMARTS) is 1. The van der Waals surface area contributed by atoms with Crippen molar-refractivity contribution in [3.05, 3.63) is 29.7 Å². The van der Waals surface area contributed by atoms with Gasteiger partial charge in [-0.05, 0) is 6.92 Å². The highest BCUT2D eigenvalue weighted by Crippen LogP contribution is 2.04. The summed E-state index contributed by atoms with van der Waals surface area (Å²) in [5.41, 5.74) is 0.943. The van der Waals surface area contributed by atoms with Gasteiger partial charge in [0.05, 0.1) is 18.4 Å². The number of carbonyl (C=O) groups is 2. The van der Waals surface area contributed by atoms with Crippen LogP contribution in [0.1, 0.15) is 21.9 Å². The van der Waals surface area contributed by atoms with Gasteiger partial charge in [0.2, 0.25) is 5.76 Å². The van der Waals surface area contributed by atoms with E-state index in [2.05, 4.69) is 20.6 Å². The van der Waals surface area contributed by atoms with Crippen LogP contribution in [0, 0.1) is 6.92 Å². The number of aliphatic carboxylic acids is 1. The fraction of sp³-hybridized carbons (Fsp3) is 0.300. The van der Waals surface area contributed by atoms with Crippen molar-refractivity contribution in [1.29, 1.82) is 0 Å². The van der Waals surface area contributed by atoms with Gasteiger partial charge < -0.3 is 14.8 Å². The maximum absolute atomic E-state index is 11.7. The van der Waals surface area contributed by atoms with Gasteiger partial charge in [0, 0.05) is 0 Å². The predicted molar refractivity (Wildman–Crippen MR) is 60.1 cm³/mol.